The van der Waals surface area contributed by atoms with Gasteiger partial charge in [0, 0.05) is 0 Å². The van der Waals surface area contributed by atoms with Crippen molar-refractivity contribution in [1.82, 2.24) is 0 Å². The van der Waals surface area contributed by atoms with Crippen LogP contribution in [0, 0.1) is 0 Å². The molecule has 4 N–H and O–H groups in total. The molecule has 84 valence electrons. The van der Waals surface area contributed by atoms with E-state index in [4.69, 9.17) is 15.0 Å². The van der Waals surface area contributed by atoms with Gasteiger partial charge in [-0.3, -0.25) is 0 Å². The minimum atomic E-state index is -1.33. The number of nitrogens with two attached hydrogens (primary N) is 1. The van der Waals surface area contributed by atoms with Gasteiger partial charge in [0.1, 0.15) is 0 Å². The van der Waals surface area contributed by atoms with Crippen LogP contribution in [0.1, 0.15) is 5.56 Å². The molecule has 0 radical (unpaired) electrons. The minimum Gasteiger partial charge on any atom is -0.465 e. The van der Waals surface area contributed by atoms with Crippen LogP contribution in [-0.2, 0) is 6.61 Å². The lowest BCUT2D eigenvalue weighted by atomic mass is 10.1. The van der Waals surface area contributed by atoms with Crippen LogP contribution in [0.5, 0.6) is 0 Å². The highest BCUT2D eigenvalue weighted by molar-refractivity contribution is 5.85. The highest BCUT2D eigenvalue weighted by atomic mass is 16.4. The van der Waals surface area contributed by atoms with Crippen molar-refractivity contribution in [3.05, 3.63) is 48.0 Å². The van der Waals surface area contributed by atoms with Gasteiger partial charge in [0.2, 0.25) is 0 Å². The summed E-state index contributed by atoms with van der Waals surface area (Å²) in [5.74, 6) is 0. The third-order valence-electron chi connectivity index (χ3n) is 2.05. The first kappa shape index (κ1) is 12.0. The van der Waals surface area contributed by atoms with Gasteiger partial charge in [-0.2, -0.15) is 0 Å². The lowest BCUT2D eigenvalue weighted by molar-refractivity contribution is 0.205. The molecule has 0 unspecified atom stereocenters. The van der Waals surface area contributed by atoms with E-state index < -0.39 is 6.09 Å². The fourth-order valence-electron chi connectivity index (χ4n) is 1.43. The summed E-state index contributed by atoms with van der Waals surface area (Å²) in [5, 5.41) is 18.6. The Labute approximate surface area is 92.9 Å². The van der Waals surface area contributed by atoms with Crippen LogP contribution in [0.4, 0.5) is 4.79 Å². The second kappa shape index (κ2) is 5.72. The summed E-state index contributed by atoms with van der Waals surface area (Å²) in [4.78, 5) is 8.78. The Morgan fingerprint density at radius 2 is 1.69 bits per heavy atom. The minimum absolute atomic E-state index is 0.112. The van der Waals surface area contributed by atoms with Crippen LogP contribution in [0.25, 0.3) is 10.8 Å². The first-order valence-corrected chi connectivity index (χ1v) is 4.71. The van der Waals surface area contributed by atoms with Gasteiger partial charge in [0.15, 0.2) is 0 Å². The molecule has 2 rings (SSSR count). The van der Waals surface area contributed by atoms with E-state index in [0.717, 1.165) is 10.9 Å². The molecule has 0 saturated carbocycles. The predicted octanol–water partition coefficient (Wildman–Crippen LogP) is 1.96. The van der Waals surface area contributed by atoms with Crippen molar-refractivity contribution in [2.75, 3.05) is 0 Å². The first-order chi connectivity index (χ1) is 7.65. The molecule has 1 amide bonds. The van der Waals surface area contributed by atoms with Crippen LogP contribution < -0.4 is 5.73 Å². The van der Waals surface area contributed by atoms with E-state index in [1.165, 1.54) is 5.39 Å². The standard InChI is InChI=1S/C11H10O.CH3NO2/c12-8-10-6-3-5-9-4-1-2-7-11(9)10;2-1(3)4/h1-7,12H,8H2;2H2,(H,3,4). The molecular weight excluding hydrogens is 206 g/mol. The van der Waals surface area contributed by atoms with Gasteiger partial charge in [-0.25, -0.2) is 4.79 Å². The summed E-state index contributed by atoms with van der Waals surface area (Å²) in [6, 6.07) is 14.0. The van der Waals surface area contributed by atoms with Crippen molar-refractivity contribution in [1.29, 1.82) is 0 Å². The monoisotopic (exact) mass is 219 g/mol. The number of fused-ring (bicyclic) bond motifs is 1. The van der Waals surface area contributed by atoms with Gasteiger partial charge in [-0.05, 0) is 16.3 Å². The number of aliphatic hydroxyl groups is 1. The third-order valence-corrected chi connectivity index (χ3v) is 2.05. The zero-order chi connectivity index (χ0) is 12.0. The fourth-order valence-corrected chi connectivity index (χ4v) is 1.43. The normalized spacial score (nSPS) is 9.31. The maximum Gasteiger partial charge on any atom is 0.402 e. The molecule has 0 saturated heterocycles. The summed E-state index contributed by atoms with van der Waals surface area (Å²) in [5.41, 5.74) is 5.02. The summed E-state index contributed by atoms with van der Waals surface area (Å²) in [7, 11) is 0. The van der Waals surface area contributed by atoms with Crippen LogP contribution in [0.15, 0.2) is 42.5 Å². The molecule has 0 heterocycles. The van der Waals surface area contributed by atoms with E-state index in [2.05, 4.69) is 17.9 Å². The number of carboxylic acid groups (broad SMARTS) is 1. The average molecular weight is 219 g/mol. The number of primary amides is 1. The Bertz CT molecular complexity index is 473. The lowest BCUT2D eigenvalue weighted by Crippen LogP contribution is -2.03. The Balaban J connectivity index is 0.000000280. The third kappa shape index (κ3) is 3.25. The Morgan fingerprint density at radius 1 is 1.12 bits per heavy atom. The lowest BCUT2D eigenvalue weighted by Gasteiger charge is -2.01. The maximum absolute atomic E-state index is 9.04. The quantitative estimate of drug-likeness (QED) is 0.685. The largest absolute Gasteiger partial charge is 0.465 e. The van der Waals surface area contributed by atoms with Crippen molar-refractivity contribution < 1.29 is 15.0 Å². The SMILES string of the molecule is NC(=O)O.OCc1cccc2ccccc12. The molecule has 4 heteroatoms. The molecule has 0 aliphatic rings. The molecule has 4 nitrogen and oxygen atoms in total. The first-order valence-electron chi connectivity index (χ1n) is 4.71. The van der Waals surface area contributed by atoms with Gasteiger partial charge < -0.3 is 15.9 Å². The molecule has 2 aromatic rings. The van der Waals surface area contributed by atoms with E-state index in [1.54, 1.807) is 0 Å². The zero-order valence-corrected chi connectivity index (χ0v) is 8.63. The highest BCUT2D eigenvalue weighted by Crippen LogP contribution is 2.17. The molecule has 16 heavy (non-hydrogen) atoms. The second-order valence-electron chi connectivity index (χ2n) is 3.13. The fraction of sp³-hybridized carbons (Fsp3) is 0.0833. The topological polar surface area (TPSA) is 83.6 Å². The van der Waals surface area contributed by atoms with E-state index in [-0.39, 0.29) is 6.61 Å². The Kier molecular flexibility index (Phi) is 4.29. The summed E-state index contributed by atoms with van der Waals surface area (Å²) >= 11 is 0. The van der Waals surface area contributed by atoms with Crippen molar-refractivity contribution in [3.63, 3.8) is 0 Å². The highest BCUT2D eigenvalue weighted by Gasteiger charge is 1.96. The summed E-state index contributed by atoms with van der Waals surface area (Å²) < 4.78 is 0. The number of benzene rings is 2. The number of amides is 1. The molecule has 0 aliphatic carbocycles. The van der Waals surface area contributed by atoms with Crippen LogP contribution in [-0.4, -0.2) is 16.3 Å². The van der Waals surface area contributed by atoms with E-state index in [9.17, 15) is 0 Å². The van der Waals surface area contributed by atoms with Crippen LogP contribution in [0.3, 0.4) is 0 Å². The number of rotatable bonds is 1. The van der Waals surface area contributed by atoms with Crippen molar-refractivity contribution >= 4 is 16.9 Å². The zero-order valence-electron chi connectivity index (χ0n) is 8.63. The molecule has 0 aromatic heterocycles. The summed E-state index contributed by atoms with van der Waals surface area (Å²) in [6.45, 7) is 0.112. The molecule has 2 aromatic carbocycles. The van der Waals surface area contributed by atoms with Crippen molar-refractivity contribution in [2.24, 2.45) is 5.73 Å². The predicted molar refractivity (Wildman–Crippen MR) is 62.1 cm³/mol. The van der Waals surface area contributed by atoms with Crippen molar-refractivity contribution in [2.45, 2.75) is 6.61 Å². The van der Waals surface area contributed by atoms with E-state index in [1.807, 2.05) is 30.3 Å². The summed E-state index contributed by atoms with van der Waals surface area (Å²) in [6.07, 6.45) is -1.33. The van der Waals surface area contributed by atoms with Crippen LogP contribution >= 0.6 is 0 Å². The molecule has 0 spiro atoms. The maximum atomic E-state index is 9.04. The Hall–Kier alpha value is -2.07. The smallest absolute Gasteiger partial charge is 0.402 e. The molecule has 0 bridgehead atoms. The molecule has 0 fully saturated rings. The molecular formula is C12H13NO3. The van der Waals surface area contributed by atoms with Gasteiger partial charge in [-0.1, -0.05) is 42.5 Å². The van der Waals surface area contributed by atoms with Gasteiger partial charge in [-0.15, -0.1) is 0 Å². The number of carbonyl (C=O) groups is 1. The van der Waals surface area contributed by atoms with Crippen molar-refractivity contribution in [3.8, 4) is 0 Å². The Morgan fingerprint density at radius 3 is 2.31 bits per heavy atom. The van der Waals surface area contributed by atoms with E-state index in [0.29, 0.717) is 0 Å². The number of hydrogen-bond acceptors (Lipinski definition) is 2. The van der Waals surface area contributed by atoms with Crippen LogP contribution in [0.2, 0.25) is 0 Å². The van der Waals surface area contributed by atoms with Gasteiger partial charge >= 0.3 is 6.09 Å². The number of hydrogen-bond donors (Lipinski definition) is 3. The van der Waals surface area contributed by atoms with Gasteiger partial charge in [0.05, 0.1) is 6.61 Å². The molecule has 0 aliphatic heterocycles. The second-order valence-corrected chi connectivity index (χ2v) is 3.13. The average Bonchev–Trinajstić information content (AvgIpc) is 2.27. The van der Waals surface area contributed by atoms with Gasteiger partial charge in [0.25, 0.3) is 0 Å². The molecule has 0 atom stereocenters. The number of aliphatic hydroxyl groups excluding tert-OH is 1. The van der Waals surface area contributed by atoms with E-state index >= 15 is 0 Å².